The molecule has 0 radical (unpaired) electrons. The third-order valence-electron chi connectivity index (χ3n) is 3.43. The zero-order valence-corrected chi connectivity index (χ0v) is 16.3. The van der Waals surface area contributed by atoms with Crippen LogP contribution in [-0.4, -0.2) is 36.1 Å². The van der Waals surface area contributed by atoms with E-state index in [-0.39, 0.29) is 11.8 Å². The number of carbonyl (C=O) groups excluding carboxylic acids is 4. The third kappa shape index (κ3) is 7.72. The largest absolute Gasteiger partial charge is 0.331 e. The molecule has 0 fully saturated rings. The Bertz CT molecular complexity index is 900. The van der Waals surface area contributed by atoms with Crippen molar-refractivity contribution in [3.63, 3.8) is 0 Å². The number of benzene rings is 2. The maximum atomic E-state index is 11.7. The SMILES string of the molecule is CC(=O)Nc1ccc(C=NNC(=O)C(=O)NN=Cc2ccc(NC(C)=O)cc2)cc1. The minimum Gasteiger partial charge on any atom is -0.326 e. The van der Waals surface area contributed by atoms with Gasteiger partial charge in [-0.1, -0.05) is 24.3 Å². The highest BCUT2D eigenvalue weighted by atomic mass is 16.2. The summed E-state index contributed by atoms with van der Waals surface area (Å²) in [5, 5.41) is 12.6. The van der Waals surface area contributed by atoms with Crippen molar-refractivity contribution >= 4 is 47.4 Å². The molecule has 30 heavy (non-hydrogen) atoms. The highest BCUT2D eigenvalue weighted by Gasteiger charge is 2.11. The van der Waals surface area contributed by atoms with Crippen LogP contribution in [0.25, 0.3) is 0 Å². The van der Waals surface area contributed by atoms with E-state index >= 15 is 0 Å². The zero-order valence-electron chi connectivity index (χ0n) is 16.3. The van der Waals surface area contributed by atoms with Crippen molar-refractivity contribution in [2.24, 2.45) is 10.2 Å². The lowest BCUT2D eigenvalue weighted by atomic mass is 10.2. The maximum Gasteiger partial charge on any atom is 0.331 e. The van der Waals surface area contributed by atoms with Crippen LogP contribution in [0.1, 0.15) is 25.0 Å². The second kappa shape index (κ2) is 10.9. The normalized spacial score (nSPS) is 10.6. The molecule has 0 aromatic heterocycles. The first-order valence-corrected chi connectivity index (χ1v) is 8.75. The average molecular weight is 408 g/mol. The van der Waals surface area contributed by atoms with E-state index in [2.05, 4.69) is 31.7 Å². The molecule has 0 saturated heterocycles. The van der Waals surface area contributed by atoms with Crippen molar-refractivity contribution in [2.45, 2.75) is 13.8 Å². The van der Waals surface area contributed by atoms with Gasteiger partial charge in [-0.15, -0.1) is 0 Å². The first kappa shape index (κ1) is 22.0. The Kier molecular flexibility index (Phi) is 7.94. The van der Waals surface area contributed by atoms with Gasteiger partial charge in [-0.25, -0.2) is 10.9 Å². The van der Waals surface area contributed by atoms with Crippen LogP contribution in [0.5, 0.6) is 0 Å². The standard InChI is InChI=1S/C20H20N6O4/c1-13(27)23-17-7-3-15(4-8-17)11-21-25-19(29)20(30)26-22-12-16-5-9-18(10-6-16)24-14(2)28/h3-12H,1-2H3,(H,23,27)(H,24,28)(H,25,29)(H,26,30). The Morgan fingerprint density at radius 1 is 0.633 bits per heavy atom. The molecule has 0 atom stereocenters. The number of nitrogens with one attached hydrogen (secondary N) is 4. The quantitative estimate of drug-likeness (QED) is 0.324. The van der Waals surface area contributed by atoms with Gasteiger partial charge in [0.15, 0.2) is 0 Å². The summed E-state index contributed by atoms with van der Waals surface area (Å²) in [5.74, 6) is -2.34. The van der Waals surface area contributed by atoms with E-state index in [9.17, 15) is 19.2 Å². The van der Waals surface area contributed by atoms with Gasteiger partial charge >= 0.3 is 11.8 Å². The summed E-state index contributed by atoms with van der Waals surface area (Å²) < 4.78 is 0. The lowest BCUT2D eigenvalue weighted by Gasteiger charge is -2.02. The highest BCUT2D eigenvalue weighted by Crippen LogP contribution is 2.08. The molecule has 0 aliphatic carbocycles. The van der Waals surface area contributed by atoms with Crippen LogP contribution in [0.2, 0.25) is 0 Å². The molecule has 0 unspecified atom stereocenters. The third-order valence-corrected chi connectivity index (χ3v) is 3.43. The topological polar surface area (TPSA) is 141 Å². The van der Waals surface area contributed by atoms with Gasteiger partial charge in [-0.3, -0.25) is 19.2 Å². The van der Waals surface area contributed by atoms with Crippen LogP contribution in [0, 0.1) is 0 Å². The fraction of sp³-hybridized carbons (Fsp3) is 0.100. The molecular formula is C20H20N6O4. The predicted molar refractivity (Wildman–Crippen MR) is 113 cm³/mol. The van der Waals surface area contributed by atoms with E-state index in [1.54, 1.807) is 48.5 Å². The number of carbonyl (C=O) groups is 4. The molecule has 4 amide bonds. The smallest absolute Gasteiger partial charge is 0.326 e. The van der Waals surface area contributed by atoms with E-state index < -0.39 is 11.8 Å². The molecule has 0 aliphatic heterocycles. The Morgan fingerprint density at radius 3 is 1.27 bits per heavy atom. The van der Waals surface area contributed by atoms with Gasteiger partial charge in [0.2, 0.25) is 11.8 Å². The monoisotopic (exact) mass is 408 g/mol. The van der Waals surface area contributed by atoms with Crippen LogP contribution in [0.4, 0.5) is 11.4 Å². The Hall–Kier alpha value is -4.34. The Balaban J connectivity index is 1.79. The summed E-state index contributed by atoms with van der Waals surface area (Å²) in [6.45, 7) is 2.81. The lowest BCUT2D eigenvalue weighted by molar-refractivity contribution is -0.139. The average Bonchev–Trinajstić information content (AvgIpc) is 2.69. The van der Waals surface area contributed by atoms with Gasteiger partial charge in [-0.2, -0.15) is 10.2 Å². The van der Waals surface area contributed by atoms with Crippen molar-refractivity contribution in [3.05, 3.63) is 59.7 Å². The van der Waals surface area contributed by atoms with Gasteiger partial charge in [0.1, 0.15) is 0 Å². The molecule has 0 heterocycles. The molecule has 0 spiro atoms. The number of nitrogens with zero attached hydrogens (tertiary/aromatic N) is 2. The van der Waals surface area contributed by atoms with Gasteiger partial charge in [0.05, 0.1) is 12.4 Å². The van der Waals surface area contributed by atoms with Crippen molar-refractivity contribution < 1.29 is 19.2 Å². The van der Waals surface area contributed by atoms with Gasteiger partial charge in [0, 0.05) is 25.2 Å². The fourth-order valence-electron chi connectivity index (χ4n) is 2.14. The number of rotatable bonds is 6. The van der Waals surface area contributed by atoms with E-state index in [0.717, 1.165) is 0 Å². The molecule has 154 valence electrons. The lowest BCUT2D eigenvalue weighted by Crippen LogP contribution is -2.35. The van der Waals surface area contributed by atoms with Crippen LogP contribution in [0.3, 0.4) is 0 Å². The van der Waals surface area contributed by atoms with E-state index in [1.807, 2.05) is 0 Å². The highest BCUT2D eigenvalue weighted by molar-refractivity contribution is 6.35. The molecular weight excluding hydrogens is 388 g/mol. The summed E-state index contributed by atoms with van der Waals surface area (Å²) in [6.07, 6.45) is 2.70. The molecule has 2 rings (SSSR count). The summed E-state index contributed by atoms with van der Waals surface area (Å²) in [6, 6.07) is 13.4. The predicted octanol–water partition coefficient (Wildman–Crippen LogP) is 1.20. The number of hydrogen-bond acceptors (Lipinski definition) is 6. The van der Waals surface area contributed by atoms with Crippen LogP contribution in [0.15, 0.2) is 58.7 Å². The van der Waals surface area contributed by atoms with Crippen molar-refractivity contribution in [1.82, 2.24) is 10.9 Å². The molecule has 0 bridgehead atoms. The van der Waals surface area contributed by atoms with E-state index in [4.69, 9.17) is 0 Å². The van der Waals surface area contributed by atoms with Gasteiger partial charge < -0.3 is 10.6 Å². The Labute approximate surface area is 172 Å². The molecule has 10 heteroatoms. The number of anilines is 2. The van der Waals surface area contributed by atoms with Crippen molar-refractivity contribution in [3.8, 4) is 0 Å². The maximum absolute atomic E-state index is 11.7. The molecule has 2 aromatic carbocycles. The van der Waals surface area contributed by atoms with E-state index in [0.29, 0.717) is 22.5 Å². The second-order valence-electron chi connectivity index (χ2n) is 6.00. The summed E-state index contributed by atoms with van der Waals surface area (Å²) >= 11 is 0. The van der Waals surface area contributed by atoms with Gasteiger partial charge in [-0.05, 0) is 35.4 Å². The van der Waals surface area contributed by atoms with Crippen LogP contribution >= 0.6 is 0 Å². The minimum absolute atomic E-state index is 0.181. The molecule has 2 aromatic rings. The van der Waals surface area contributed by atoms with Gasteiger partial charge in [0.25, 0.3) is 0 Å². The first-order valence-electron chi connectivity index (χ1n) is 8.75. The summed E-state index contributed by atoms with van der Waals surface area (Å²) in [5.41, 5.74) is 6.75. The number of hydrazone groups is 2. The fourth-order valence-corrected chi connectivity index (χ4v) is 2.14. The summed E-state index contributed by atoms with van der Waals surface area (Å²) in [4.78, 5) is 45.3. The minimum atomic E-state index is -0.987. The molecule has 10 nitrogen and oxygen atoms in total. The van der Waals surface area contributed by atoms with Crippen LogP contribution in [-0.2, 0) is 19.2 Å². The van der Waals surface area contributed by atoms with Crippen molar-refractivity contribution in [1.29, 1.82) is 0 Å². The van der Waals surface area contributed by atoms with Crippen molar-refractivity contribution in [2.75, 3.05) is 10.6 Å². The van der Waals surface area contributed by atoms with E-state index in [1.165, 1.54) is 26.3 Å². The number of amides is 4. The first-order chi connectivity index (χ1) is 14.3. The Morgan fingerprint density at radius 2 is 0.967 bits per heavy atom. The molecule has 0 aliphatic rings. The summed E-state index contributed by atoms with van der Waals surface area (Å²) in [7, 11) is 0. The molecule has 0 saturated carbocycles. The number of hydrogen-bond donors (Lipinski definition) is 4. The molecule has 4 N–H and O–H groups in total. The second-order valence-corrected chi connectivity index (χ2v) is 6.00. The van der Waals surface area contributed by atoms with Crippen LogP contribution < -0.4 is 21.5 Å². The zero-order chi connectivity index (χ0) is 21.9.